The van der Waals surface area contributed by atoms with Gasteiger partial charge in [-0.05, 0) is 19.1 Å². The Morgan fingerprint density at radius 3 is 3.00 bits per heavy atom. The first-order chi connectivity index (χ1) is 8.94. The van der Waals surface area contributed by atoms with Crippen molar-refractivity contribution in [2.24, 2.45) is 0 Å². The van der Waals surface area contributed by atoms with E-state index in [9.17, 15) is 13.2 Å². The summed E-state index contributed by atoms with van der Waals surface area (Å²) in [5, 5.41) is 2.80. The fraction of sp³-hybridized carbons (Fsp3) is 0.500. The van der Waals surface area contributed by atoms with E-state index in [-0.39, 0.29) is 29.9 Å². The van der Waals surface area contributed by atoms with Gasteiger partial charge in [0.15, 0.2) is 15.7 Å². The molecule has 1 unspecified atom stereocenters. The average molecular weight is 281 g/mol. The van der Waals surface area contributed by atoms with Gasteiger partial charge in [-0.2, -0.15) is 0 Å². The van der Waals surface area contributed by atoms with Crippen LogP contribution in [0.5, 0.6) is 0 Å². The number of anilines is 2. The van der Waals surface area contributed by atoms with Crippen LogP contribution in [-0.4, -0.2) is 43.4 Å². The molecule has 1 atom stereocenters. The lowest BCUT2D eigenvalue weighted by atomic mass is 10.2. The summed E-state index contributed by atoms with van der Waals surface area (Å²) in [7, 11) is -3.05. The molecule has 1 aromatic heterocycles. The second-order valence-electron chi connectivity index (χ2n) is 5.04. The molecule has 2 aliphatic rings. The smallest absolute Gasteiger partial charge is 0.226 e. The SMILES string of the molecule is Cc1ccc2c(n1)N1CCS(=O)(=O)CC1CC(=O)N2. The normalized spacial score (nSPS) is 25.0. The number of nitrogens with zero attached hydrogens (tertiary/aromatic N) is 2. The third kappa shape index (κ3) is 2.30. The van der Waals surface area contributed by atoms with Crippen molar-refractivity contribution < 1.29 is 13.2 Å². The lowest BCUT2D eigenvalue weighted by Gasteiger charge is -2.34. The molecule has 19 heavy (non-hydrogen) atoms. The van der Waals surface area contributed by atoms with E-state index >= 15 is 0 Å². The van der Waals surface area contributed by atoms with Gasteiger partial charge in [0.2, 0.25) is 5.91 Å². The molecule has 0 saturated carbocycles. The molecule has 1 N–H and O–H groups in total. The number of carbonyl (C=O) groups excluding carboxylic acids is 1. The maximum absolute atomic E-state index is 11.8. The van der Waals surface area contributed by atoms with Crippen LogP contribution in [0.15, 0.2) is 12.1 Å². The van der Waals surface area contributed by atoms with Crippen molar-refractivity contribution in [1.29, 1.82) is 0 Å². The fourth-order valence-electron chi connectivity index (χ4n) is 2.61. The minimum atomic E-state index is -3.05. The van der Waals surface area contributed by atoms with Crippen LogP contribution in [0, 0.1) is 6.92 Å². The van der Waals surface area contributed by atoms with E-state index in [2.05, 4.69) is 10.3 Å². The first-order valence-corrected chi connectivity index (χ1v) is 8.01. The monoisotopic (exact) mass is 281 g/mol. The van der Waals surface area contributed by atoms with E-state index in [1.165, 1.54) is 0 Å². The topological polar surface area (TPSA) is 79.4 Å². The molecule has 1 saturated heterocycles. The lowest BCUT2D eigenvalue weighted by Crippen LogP contribution is -2.49. The van der Waals surface area contributed by atoms with E-state index in [0.717, 1.165) is 5.69 Å². The highest BCUT2D eigenvalue weighted by Crippen LogP contribution is 2.31. The average Bonchev–Trinajstić information content (AvgIpc) is 2.43. The molecule has 1 amide bonds. The highest BCUT2D eigenvalue weighted by atomic mass is 32.2. The third-order valence-electron chi connectivity index (χ3n) is 3.51. The molecular formula is C12H15N3O3S. The van der Waals surface area contributed by atoms with Gasteiger partial charge in [-0.25, -0.2) is 13.4 Å². The van der Waals surface area contributed by atoms with Crippen molar-refractivity contribution in [2.75, 3.05) is 28.3 Å². The summed E-state index contributed by atoms with van der Waals surface area (Å²) in [5.41, 5.74) is 1.51. The number of hydrogen-bond acceptors (Lipinski definition) is 5. The molecule has 6 nitrogen and oxygen atoms in total. The predicted molar refractivity (Wildman–Crippen MR) is 72.0 cm³/mol. The van der Waals surface area contributed by atoms with Gasteiger partial charge >= 0.3 is 0 Å². The number of fused-ring (bicyclic) bond motifs is 3. The molecule has 1 aromatic rings. The molecule has 0 bridgehead atoms. The van der Waals surface area contributed by atoms with Crippen LogP contribution in [0.3, 0.4) is 0 Å². The second-order valence-corrected chi connectivity index (χ2v) is 7.27. The third-order valence-corrected chi connectivity index (χ3v) is 5.21. The van der Waals surface area contributed by atoms with Gasteiger partial charge in [0.25, 0.3) is 0 Å². The second kappa shape index (κ2) is 4.19. The van der Waals surface area contributed by atoms with E-state index in [1.54, 1.807) is 0 Å². The number of carbonyl (C=O) groups is 1. The first kappa shape index (κ1) is 12.4. The number of hydrogen-bond donors (Lipinski definition) is 1. The summed E-state index contributed by atoms with van der Waals surface area (Å²) in [6, 6.07) is 3.34. The van der Waals surface area contributed by atoms with Crippen molar-refractivity contribution in [3.8, 4) is 0 Å². The van der Waals surface area contributed by atoms with Gasteiger partial charge in [0, 0.05) is 18.7 Å². The Kier molecular flexibility index (Phi) is 2.74. The van der Waals surface area contributed by atoms with Crippen molar-refractivity contribution in [2.45, 2.75) is 19.4 Å². The fourth-order valence-corrected chi connectivity index (χ4v) is 4.13. The highest BCUT2D eigenvalue weighted by Gasteiger charge is 2.36. The Hall–Kier alpha value is -1.63. The van der Waals surface area contributed by atoms with Crippen molar-refractivity contribution >= 4 is 27.2 Å². The standard InChI is InChI=1S/C12H15N3O3S/c1-8-2-3-10-12(13-8)15-4-5-19(17,18)7-9(15)6-11(16)14-10/h2-3,9H,4-7H2,1H3,(H,14,16). The Morgan fingerprint density at radius 2 is 2.21 bits per heavy atom. The van der Waals surface area contributed by atoms with Crippen LogP contribution < -0.4 is 10.2 Å². The first-order valence-electron chi connectivity index (χ1n) is 6.19. The maximum Gasteiger partial charge on any atom is 0.226 e. The van der Waals surface area contributed by atoms with Crippen LogP contribution in [0.25, 0.3) is 0 Å². The summed E-state index contributed by atoms with van der Waals surface area (Å²) >= 11 is 0. The summed E-state index contributed by atoms with van der Waals surface area (Å²) in [4.78, 5) is 18.2. The van der Waals surface area contributed by atoms with Crippen LogP contribution in [-0.2, 0) is 14.6 Å². The Balaban J connectivity index is 2.07. The van der Waals surface area contributed by atoms with Crippen LogP contribution in [0.4, 0.5) is 11.5 Å². The zero-order valence-corrected chi connectivity index (χ0v) is 11.4. The molecule has 102 valence electrons. The van der Waals surface area contributed by atoms with E-state index < -0.39 is 9.84 Å². The molecule has 0 aliphatic carbocycles. The van der Waals surface area contributed by atoms with E-state index in [0.29, 0.717) is 18.1 Å². The van der Waals surface area contributed by atoms with Gasteiger partial charge in [0.05, 0.1) is 23.2 Å². The largest absolute Gasteiger partial charge is 0.349 e. The molecule has 0 spiro atoms. The van der Waals surface area contributed by atoms with Gasteiger partial charge in [-0.15, -0.1) is 0 Å². The van der Waals surface area contributed by atoms with Crippen LogP contribution in [0.2, 0.25) is 0 Å². The van der Waals surface area contributed by atoms with Crippen LogP contribution >= 0.6 is 0 Å². The predicted octanol–water partition coefficient (Wildman–Crippen LogP) is 0.336. The molecular weight excluding hydrogens is 266 g/mol. The molecule has 0 aromatic carbocycles. The number of pyridine rings is 1. The maximum atomic E-state index is 11.8. The van der Waals surface area contributed by atoms with E-state index in [4.69, 9.17) is 0 Å². The number of sulfone groups is 1. The number of amides is 1. The number of aryl methyl sites for hydroxylation is 1. The number of rotatable bonds is 0. The molecule has 1 fully saturated rings. The van der Waals surface area contributed by atoms with Gasteiger partial charge in [-0.1, -0.05) is 0 Å². The van der Waals surface area contributed by atoms with Gasteiger partial charge < -0.3 is 10.2 Å². The molecule has 7 heteroatoms. The molecule has 3 heterocycles. The van der Waals surface area contributed by atoms with Crippen molar-refractivity contribution in [3.63, 3.8) is 0 Å². The summed E-state index contributed by atoms with van der Waals surface area (Å²) < 4.78 is 23.4. The van der Waals surface area contributed by atoms with Crippen LogP contribution in [0.1, 0.15) is 12.1 Å². The zero-order valence-electron chi connectivity index (χ0n) is 10.6. The Morgan fingerprint density at radius 1 is 1.42 bits per heavy atom. The number of nitrogens with one attached hydrogen (secondary N) is 1. The summed E-state index contributed by atoms with van der Waals surface area (Å²) in [6.45, 7) is 2.27. The summed E-state index contributed by atoms with van der Waals surface area (Å²) in [6.07, 6.45) is 0.189. The zero-order chi connectivity index (χ0) is 13.6. The lowest BCUT2D eigenvalue weighted by molar-refractivity contribution is -0.116. The van der Waals surface area contributed by atoms with Gasteiger partial charge in [-0.3, -0.25) is 4.79 Å². The minimum Gasteiger partial charge on any atom is -0.349 e. The quantitative estimate of drug-likeness (QED) is 0.741. The number of aromatic nitrogens is 1. The molecule has 0 radical (unpaired) electrons. The highest BCUT2D eigenvalue weighted by molar-refractivity contribution is 7.91. The van der Waals surface area contributed by atoms with Crippen molar-refractivity contribution in [1.82, 2.24) is 4.98 Å². The summed E-state index contributed by atoms with van der Waals surface area (Å²) in [5.74, 6) is 0.671. The Labute approximate surface area is 111 Å². The van der Waals surface area contributed by atoms with Gasteiger partial charge in [0.1, 0.15) is 0 Å². The minimum absolute atomic E-state index is 0.0233. The molecule has 2 aliphatic heterocycles. The Bertz CT molecular complexity index is 642. The molecule has 3 rings (SSSR count). The van der Waals surface area contributed by atoms with E-state index in [1.807, 2.05) is 24.0 Å². The van der Waals surface area contributed by atoms with Crippen molar-refractivity contribution in [3.05, 3.63) is 17.8 Å².